The zero-order valence-electron chi connectivity index (χ0n) is 10.9. The molecule has 0 spiro atoms. The Morgan fingerprint density at radius 1 is 1.40 bits per heavy atom. The molecule has 0 saturated heterocycles. The van der Waals surface area contributed by atoms with Crippen LogP contribution < -0.4 is 10.0 Å². The van der Waals surface area contributed by atoms with E-state index >= 15 is 0 Å². The summed E-state index contributed by atoms with van der Waals surface area (Å²) in [5.74, 6) is 0.494. The van der Waals surface area contributed by atoms with Gasteiger partial charge in [-0.05, 0) is 19.1 Å². The molecule has 0 bridgehead atoms. The van der Waals surface area contributed by atoms with Crippen molar-refractivity contribution in [1.29, 1.82) is 0 Å². The molecular formula is C12H16N4O3S. The molecule has 2 rings (SSSR count). The van der Waals surface area contributed by atoms with E-state index < -0.39 is 10.0 Å². The molecule has 0 aliphatic rings. The molecule has 20 heavy (non-hydrogen) atoms. The van der Waals surface area contributed by atoms with Gasteiger partial charge in [0.2, 0.25) is 0 Å². The lowest BCUT2D eigenvalue weighted by molar-refractivity contribution is 0.306. The Hall–Kier alpha value is -2.06. The number of anilines is 2. The van der Waals surface area contributed by atoms with Crippen LogP contribution in [0.5, 0.6) is 0 Å². The van der Waals surface area contributed by atoms with Crippen LogP contribution in [0, 0.1) is 6.92 Å². The maximum atomic E-state index is 12.6. The van der Waals surface area contributed by atoms with Gasteiger partial charge in [-0.25, -0.2) is 4.98 Å². The lowest BCUT2D eigenvalue weighted by Crippen LogP contribution is -2.34. The number of aryl methyl sites for hydroxylation is 1. The summed E-state index contributed by atoms with van der Waals surface area (Å²) >= 11 is 0. The fourth-order valence-corrected chi connectivity index (χ4v) is 3.27. The van der Waals surface area contributed by atoms with Gasteiger partial charge in [-0.1, -0.05) is 12.1 Å². The number of sulfonamides is 1. The zero-order valence-corrected chi connectivity index (χ0v) is 11.8. The molecule has 7 nitrogen and oxygen atoms in total. The number of imidazole rings is 1. The predicted octanol–water partition coefficient (Wildman–Crippen LogP) is 0.488. The van der Waals surface area contributed by atoms with E-state index in [2.05, 4.69) is 9.97 Å². The van der Waals surface area contributed by atoms with Crippen molar-refractivity contribution in [3.05, 3.63) is 36.3 Å². The summed E-state index contributed by atoms with van der Waals surface area (Å²) in [7, 11) is -3.84. The van der Waals surface area contributed by atoms with Crippen molar-refractivity contribution in [1.82, 2.24) is 9.97 Å². The number of para-hydroxylation sites is 2. The van der Waals surface area contributed by atoms with Crippen LogP contribution in [-0.4, -0.2) is 36.6 Å². The van der Waals surface area contributed by atoms with Crippen molar-refractivity contribution in [2.75, 3.05) is 23.2 Å². The number of hydrogen-bond acceptors (Lipinski definition) is 5. The number of hydrogen-bond donors (Lipinski definition) is 3. The highest BCUT2D eigenvalue weighted by Gasteiger charge is 2.27. The van der Waals surface area contributed by atoms with Gasteiger partial charge >= 0.3 is 0 Å². The van der Waals surface area contributed by atoms with Crippen molar-refractivity contribution >= 4 is 21.4 Å². The Bertz CT molecular complexity index is 696. The molecule has 0 saturated carbocycles. The lowest BCUT2D eigenvalue weighted by atomic mass is 10.3. The smallest absolute Gasteiger partial charge is 0.281 e. The van der Waals surface area contributed by atoms with Crippen LogP contribution in [0.15, 0.2) is 35.5 Å². The number of benzene rings is 1. The third-order valence-corrected chi connectivity index (χ3v) is 4.48. The first-order chi connectivity index (χ1) is 9.46. The average molecular weight is 296 g/mol. The van der Waals surface area contributed by atoms with Crippen molar-refractivity contribution in [2.24, 2.45) is 0 Å². The second-order valence-corrected chi connectivity index (χ2v) is 6.02. The summed E-state index contributed by atoms with van der Waals surface area (Å²) in [6, 6.07) is 6.59. The number of aromatic amines is 1. The summed E-state index contributed by atoms with van der Waals surface area (Å²) in [5, 5.41) is 9.10. The highest BCUT2D eigenvalue weighted by Crippen LogP contribution is 2.27. The molecule has 1 heterocycles. The summed E-state index contributed by atoms with van der Waals surface area (Å²) in [4.78, 5) is 6.57. The van der Waals surface area contributed by atoms with Gasteiger partial charge in [0, 0.05) is 0 Å². The first-order valence-corrected chi connectivity index (χ1v) is 7.40. The minimum atomic E-state index is -3.84. The number of rotatable bonds is 5. The lowest BCUT2D eigenvalue weighted by Gasteiger charge is -2.23. The van der Waals surface area contributed by atoms with E-state index in [-0.39, 0.29) is 18.2 Å². The number of nitrogens with one attached hydrogen (secondary N) is 1. The highest BCUT2D eigenvalue weighted by molar-refractivity contribution is 7.92. The second kappa shape index (κ2) is 5.51. The number of nitrogens with zero attached hydrogens (tertiary/aromatic N) is 2. The van der Waals surface area contributed by atoms with Gasteiger partial charge in [0.25, 0.3) is 10.0 Å². The minimum Gasteiger partial charge on any atom is -0.397 e. The molecular weight excluding hydrogens is 280 g/mol. The fourth-order valence-electron chi connectivity index (χ4n) is 1.82. The van der Waals surface area contributed by atoms with E-state index in [0.717, 1.165) is 4.31 Å². The topological polar surface area (TPSA) is 112 Å². The van der Waals surface area contributed by atoms with Gasteiger partial charge in [0.15, 0.2) is 5.03 Å². The summed E-state index contributed by atoms with van der Waals surface area (Å²) in [6.45, 7) is 1.25. The molecule has 8 heteroatoms. The standard InChI is InChI=1S/C12H16N4O3S/c1-9-14-8-12(15-9)20(18,19)16(6-7-17)11-5-3-2-4-10(11)13/h2-5,8,17H,6-7,13H2,1H3,(H,14,15). The van der Waals surface area contributed by atoms with E-state index in [1.165, 1.54) is 6.20 Å². The van der Waals surface area contributed by atoms with Crippen LogP contribution in [0.4, 0.5) is 11.4 Å². The molecule has 108 valence electrons. The third kappa shape index (κ3) is 2.61. The Morgan fingerprint density at radius 2 is 2.10 bits per heavy atom. The molecule has 1 aromatic heterocycles. The van der Waals surface area contributed by atoms with Crippen LogP contribution in [0.1, 0.15) is 5.82 Å². The Morgan fingerprint density at radius 3 is 2.65 bits per heavy atom. The van der Waals surface area contributed by atoms with Crippen molar-refractivity contribution < 1.29 is 13.5 Å². The van der Waals surface area contributed by atoms with Crippen molar-refractivity contribution in [3.8, 4) is 0 Å². The molecule has 0 atom stereocenters. The summed E-state index contributed by atoms with van der Waals surface area (Å²) in [5.41, 5.74) is 6.47. The van der Waals surface area contributed by atoms with Gasteiger partial charge in [0.1, 0.15) is 5.82 Å². The molecule has 4 N–H and O–H groups in total. The summed E-state index contributed by atoms with van der Waals surface area (Å²) in [6.07, 6.45) is 1.24. The first-order valence-electron chi connectivity index (χ1n) is 5.96. The molecule has 0 radical (unpaired) electrons. The largest absolute Gasteiger partial charge is 0.397 e. The van der Waals surface area contributed by atoms with Crippen LogP contribution in [-0.2, 0) is 10.0 Å². The minimum absolute atomic E-state index is 0.0355. The quantitative estimate of drug-likeness (QED) is 0.695. The maximum absolute atomic E-state index is 12.6. The van der Waals surface area contributed by atoms with Gasteiger partial charge in [-0.2, -0.15) is 8.42 Å². The van der Waals surface area contributed by atoms with Crippen molar-refractivity contribution in [3.63, 3.8) is 0 Å². The SMILES string of the molecule is Cc1ncc(S(=O)(=O)N(CCO)c2ccccc2N)[nH]1. The Labute approximate surface area is 117 Å². The molecule has 0 amide bonds. The van der Waals surface area contributed by atoms with E-state index in [1.807, 2.05) is 0 Å². The van der Waals surface area contributed by atoms with Gasteiger partial charge < -0.3 is 15.8 Å². The van der Waals surface area contributed by atoms with Crippen LogP contribution in [0.25, 0.3) is 0 Å². The third-order valence-electron chi connectivity index (χ3n) is 2.76. The fraction of sp³-hybridized carbons (Fsp3) is 0.250. The highest BCUT2D eigenvalue weighted by atomic mass is 32.2. The number of nitrogens with two attached hydrogens (primary N) is 1. The second-order valence-electron chi connectivity index (χ2n) is 4.19. The molecule has 2 aromatic rings. The molecule has 0 aliphatic heterocycles. The Balaban J connectivity index is 2.51. The number of H-pyrrole nitrogens is 1. The van der Waals surface area contributed by atoms with Crippen LogP contribution in [0.3, 0.4) is 0 Å². The first kappa shape index (κ1) is 14.4. The van der Waals surface area contributed by atoms with Crippen LogP contribution >= 0.6 is 0 Å². The van der Waals surface area contributed by atoms with E-state index in [1.54, 1.807) is 31.2 Å². The van der Waals surface area contributed by atoms with Gasteiger partial charge in [0.05, 0.1) is 30.7 Å². The van der Waals surface area contributed by atoms with Crippen molar-refractivity contribution in [2.45, 2.75) is 11.9 Å². The monoisotopic (exact) mass is 296 g/mol. The maximum Gasteiger partial charge on any atom is 0.281 e. The molecule has 0 aliphatic carbocycles. The van der Waals surface area contributed by atoms with Crippen LogP contribution in [0.2, 0.25) is 0 Å². The molecule has 0 unspecified atom stereocenters. The van der Waals surface area contributed by atoms with Gasteiger partial charge in [-0.3, -0.25) is 4.31 Å². The van der Waals surface area contributed by atoms with E-state index in [0.29, 0.717) is 17.2 Å². The number of aliphatic hydroxyl groups is 1. The van der Waals surface area contributed by atoms with E-state index in [9.17, 15) is 8.42 Å². The molecule has 0 fully saturated rings. The summed E-state index contributed by atoms with van der Waals surface area (Å²) < 4.78 is 26.2. The number of aliphatic hydroxyl groups excluding tert-OH is 1. The predicted molar refractivity (Wildman–Crippen MR) is 75.8 cm³/mol. The molecule has 1 aromatic carbocycles. The number of aromatic nitrogens is 2. The Kier molecular flexibility index (Phi) is 3.96. The number of nitrogen functional groups attached to an aromatic ring is 1. The normalized spacial score (nSPS) is 11.5. The zero-order chi connectivity index (χ0) is 14.8. The average Bonchev–Trinajstić information content (AvgIpc) is 2.84. The van der Waals surface area contributed by atoms with Gasteiger partial charge in [-0.15, -0.1) is 0 Å². The van der Waals surface area contributed by atoms with E-state index in [4.69, 9.17) is 10.8 Å².